The van der Waals surface area contributed by atoms with Crippen LogP contribution in [0.15, 0.2) is 78.9 Å². The van der Waals surface area contributed by atoms with Gasteiger partial charge in [-0.05, 0) is 73.9 Å². The van der Waals surface area contributed by atoms with Crippen molar-refractivity contribution in [1.82, 2.24) is 9.88 Å². The van der Waals surface area contributed by atoms with E-state index in [9.17, 15) is 4.79 Å². The Morgan fingerprint density at radius 2 is 1.67 bits per heavy atom. The molecule has 36 heavy (non-hydrogen) atoms. The van der Waals surface area contributed by atoms with E-state index in [2.05, 4.69) is 62.9 Å². The van der Waals surface area contributed by atoms with Crippen LogP contribution in [0.2, 0.25) is 0 Å². The van der Waals surface area contributed by atoms with E-state index in [1.807, 2.05) is 50.2 Å². The van der Waals surface area contributed by atoms with Gasteiger partial charge in [-0.1, -0.05) is 36.4 Å². The summed E-state index contributed by atoms with van der Waals surface area (Å²) >= 11 is 0. The van der Waals surface area contributed by atoms with Crippen molar-refractivity contribution >= 4 is 34.0 Å². The van der Waals surface area contributed by atoms with E-state index >= 15 is 0 Å². The standard InChI is InChI=1S/C30H33N5O/c1-22-7-3-4-10-27(22)33-30(36)32-25-9-5-8-24(21-25)15-16-34-17-19-35(20-18-34)29-12-6-11-28-26(29)14-13-23(2)31-28/h3-14,21H,15-20H2,1-2H3,(H2,32,33,36). The number of urea groups is 1. The second-order valence-corrected chi connectivity index (χ2v) is 9.47. The average Bonchev–Trinajstić information content (AvgIpc) is 2.89. The Hall–Kier alpha value is -3.90. The summed E-state index contributed by atoms with van der Waals surface area (Å²) in [7, 11) is 0. The predicted octanol–water partition coefficient (Wildman–Crippen LogP) is 5.86. The lowest BCUT2D eigenvalue weighted by Crippen LogP contribution is -2.47. The molecule has 0 aliphatic carbocycles. The number of nitrogens with zero attached hydrogens (tertiary/aromatic N) is 3. The van der Waals surface area contributed by atoms with E-state index < -0.39 is 0 Å². The van der Waals surface area contributed by atoms with Gasteiger partial charge in [0.15, 0.2) is 0 Å². The minimum absolute atomic E-state index is 0.226. The zero-order chi connectivity index (χ0) is 24.9. The molecule has 0 radical (unpaired) electrons. The van der Waals surface area contributed by atoms with Crippen LogP contribution in [0.25, 0.3) is 10.9 Å². The number of amides is 2. The molecule has 2 amide bonds. The highest BCUT2D eigenvalue weighted by atomic mass is 16.2. The molecular formula is C30H33N5O. The number of anilines is 3. The van der Waals surface area contributed by atoms with Gasteiger partial charge in [-0.25, -0.2) is 4.79 Å². The van der Waals surface area contributed by atoms with Crippen LogP contribution in [0.3, 0.4) is 0 Å². The van der Waals surface area contributed by atoms with Crippen molar-refractivity contribution < 1.29 is 4.79 Å². The number of carbonyl (C=O) groups is 1. The molecule has 3 aromatic carbocycles. The number of pyridine rings is 1. The van der Waals surface area contributed by atoms with E-state index in [4.69, 9.17) is 4.98 Å². The second-order valence-electron chi connectivity index (χ2n) is 9.47. The first kappa shape index (κ1) is 23.8. The van der Waals surface area contributed by atoms with Gasteiger partial charge in [0, 0.05) is 60.9 Å². The summed E-state index contributed by atoms with van der Waals surface area (Å²) in [6.45, 7) is 9.11. The van der Waals surface area contributed by atoms with Crippen LogP contribution >= 0.6 is 0 Å². The Balaban J connectivity index is 1.13. The summed E-state index contributed by atoms with van der Waals surface area (Å²) in [4.78, 5) is 22.2. The molecule has 1 saturated heterocycles. The fourth-order valence-corrected chi connectivity index (χ4v) is 4.82. The number of carbonyl (C=O) groups excluding carboxylic acids is 1. The highest BCUT2D eigenvalue weighted by Gasteiger charge is 2.19. The molecule has 0 unspecified atom stereocenters. The first-order valence-electron chi connectivity index (χ1n) is 12.6. The van der Waals surface area contributed by atoms with Crippen LogP contribution in [0, 0.1) is 13.8 Å². The zero-order valence-corrected chi connectivity index (χ0v) is 21.0. The monoisotopic (exact) mass is 479 g/mol. The Bertz CT molecular complexity index is 1360. The molecule has 1 aliphatic heterocycles. The Morgan fingerprint density at radius 3 is 2.50 bits per heavy atom. The van der Waals surface area contributed by atoms with Crippen molar-refractivity contribution in [2.45, 2.75) is 20.3 Å². The molecule has 5 rings (SSSR count). The number of para-hydroxylation sites is 1. The maximum Gasteiger partial charge on any atom is 0.323 e. The number of hydrogen-bond donors (Lipinski definition) is 2. The number of hydrogen-bond acceptors (Lipinski definition) is 4. The van der Waals surface area contributed by atoms with Crippen LogP contribution in [-0.4, -0.2) is 48.6 Å². The third-order valence-electron chi connectivity index (χ3n) is 6.86. The summed E-state index contributed by atoms with van der Waals surface area (Å²) in [5.41, 5.74) is 7.28. The lowest BCUT2D eigenvalue weighted by atomic mass is 10.1. The molecule has 1 aromatic heterocycles. The summed E-state index contributed by atoms with van der Waals surface area (Å²) in [6.07, 6.45) is 0.951. The van der Waals surface area contributed by atoms with Gasteiger partial charge in [0.25, 0.3) is 0 Å². The lowest BCUT2D eigenvalue weighted by Gasteiger charge is -2.36. The smallest absolute Gasteiger partial charge is 0.323 e. The fraction of sp³-hybridized carbons (Fsp3) is 0.267. The van der Waals surface area contributed by atoms with Crippen molar-refractivity contribution in [2.24, 2.45) is 0 Å². The van der Waals surface area contributed by atoms with Gasteiger partial charge in [-0.3, -0.25) is 9.88 Å². The minimum atomic E-state index is -0.226. The molecule has 2 heterocycles. The van der Waals surface area contributed by atoms with Gasteiger partial charge in [-0.15, -0.1) is 0 Å². The van der Waals surface area contributed by atoms with Crippen molar-refractivity contribution in [3.63, 3.8) is 0 Å². The molecular weight excluding hydrogens is 446 g/mol. The van der Waals surface area contributed by atoms with Gasteiger partial charge >= 0.3 is 6.03 Å². The van der Waals surface area contributed by atoms with Crippen LogP contribution in [0.1, 0.15) is 16.8 Å². The van der Waals surface area contributed by atoms with E-state index in [0.29, 0.717) is 0 Å². The Labute approximate surface area is 213 Å². The highest BCUT2D eigenvalue weighted by Crippen LogP contribution is 2.27. The largest absolute Gasteiger partial charge is 0.368 e. The predicted molar refractivity (Wildman–Crippen MR) is 149 cm³/mol. The van der Waals surface area contributed by atoms with Crippen molar-refractivity contribution in [3.8, 4) is 0 Å². The number of fused-ring (bicyclic) bond motifs is 1. The third kappa shape index (κ3) is 5.66. The summed E-state index contributed by atoms with van der Waals surface area (Å²) < 4.78 is 0. The summed E-state index contributed by atoms with van der Waals surface area (Å²) in [5, 5.41) is 7.12. The van der Waals surface area contributed by atoms with Gasteiger partial charge in [0.05, 0.1) is 5.52 Å². The summed E-state index contributed by atoms with van der Waals surface area (Å²) in [6, 6.07) is 26.4. The highest BCUT2D eigenvalue weighted by molar-refractivity contribution is 6.00. The molecule has 0 saturated carbocycles. The van der Waals surface area contributed by atoms with Crippen LogP contribution in [-0.2, 0) is 6.42 Å². The van der Waals surface area contributed by atoms with Crippen LogP contribution in [0.5, 0.6) is 0 Å². The number of aryl methyl sites for hydroxylation is 2. The topological polar surface area (TPSA) is 60.5 Å². The molecule has 0 atom stereocenters. The number of piperazine rings is 1. The van der Waals surface area contributed by atoms with E-state index in [0.717, 1.165) is 67.3 Å². The maximum absolute atomic E-state index is 12.5. The zero-order valence-electron chi connectivity index (χ0n) is 21.0. The van der Waals surface area contributed by atoms with Gasteiger partial charge < -0.3 is 15.5 Å². The molecule has 1 fully saturated rings. The van der Waals surface area contributed by atoms with Crippen LogP contribution in [0.4, 0.5) is 21.9 Å². The Morgan fingerprint density at radius 1 is 0.861 bits per heavy atom. The van der Waals surface area contributed by atoms with Crippen molar-refractivity contribution in [1.29, 1.82) is 0 Å². The van der Waals surface area contributed by atoms with Gasteiger partial charge in [0.2, 0.25) is 0 Å². The fourth-order valence-electron chi connectivity index (χ4n) is 4.82. The molecule has 184 valence electrons. The summed E-state index contributed by atoms with van der Waals surface area (Å²) in [5.74, 6) is 0. The van der Waals surface area contributed by atoms with E-state index in [-0.39, 0.29) is 6.03 Å². The van der Waals surface area contributed by atoms with E-state index in [1.165, 1.54) is 16.6 Å². The maximum atomic E-state index is 12.5. The third-order valence-corrected chi connectivity index (χ3v) is 6.86. The molecule has 4 aromatic rings. The van der Waals surface area contributed by atoms with E-state index in [1.54, 1.807) is 0 Å². The van der Waals surface area contributed by atoms with Gasteiger partial charge in [0.1, 0.15) is 0 Å². The van der Waals surface area contributed by atoms with Crippen molar-refractivity contribution in [2.75, 3.05) is 48.3 Å². The average molecular weight is 480 g/mol. The number of benzene rings is 3. The van der Waals surface area contributed by atoms with Gasteiger partial charge in [-0.2, -0.15) is 0 Å². The number of nitrogens with one attached hydrogen (secondary N) is 2. The quantitative estimate of drug-likeness (QED) is 0.364. The Kier molecular flexibility index (Phi) is 7.14. The first-order chi connectivity index (χ1) is 17.5. The molecule has 6 nitrogen and oxygen atoms in total. The molecule has 6 heteroatoms. The molecule has 0 bridgehead atoms. The SMILES string of the molecule is Cc1ccc2c(N3CCN(CCc4cccc(NC(=O)Nc5ccccc5C)c4)CC3)cccc2n1. The molecule has 1 aliphatic rings. The number of rotatable bonds is 6. The number of aromatic nitrogens is 1. The van der Waals surface area contributed by atoms with Crippen LogP contribution < -0.4 is 15.5 Å². The molecule has 0 spiro atoms. The first-order valence-corrected chi connectivity index (χ1v) is 12.6. The molecule has 2 N–H and O–H groups in total. The minimum Gasteiger partial charge on any atom is -0.368 e. The van der Waals surface area contributed by atoms with Crippen molar-refractivity contribution in [3.05, 3.63) is 95.7 Å². The normalized spacial score (nSPS) is 14.1. The second kappa shape index (κ2) is 10.8. The lowest BCUT2D eigenvalue weighted by molar-refractivity contribution is 0.261.